The molecule has 1 unspecified atom stereocenters. The summed E-state index contributed by atoms with van der Waals surface area (Å²) in [4.78, 5) is 10.5. The number of nitrogens with two attached hydrogens (primary N) is 1. The quantitative estimate of drug-likeness (QED) is 0.753. The molecule has 0 radical (unpaired) electrons. The van der Waals surface area contributed by atoms with Gasteiger partial charge in [0.2, 0.25) is 6.79 Å². The number of aliphatic carboxylic acids is 1. The third kappa shape index (κ3) is 3.30. The molecule has 5 nitrogen and oxygen atoms in total. The molecule has 0 saturated carbocycles. The minimum Gasteiger partial charge on any atom is -0.480 e. The Hall–Kier alpha value is -1.40. The van der Waals surface area contributed by atoms with Crippen LogP contribution in [0.3, 0.4) is 0 Å². The maximum absolute atomic E-state index is 10.5. The largest absolute Gasteiger partial charge is 0.480 e. The average molecular weight is 269 g/mol. The standard InChI is InChI=1S/C12H15NO4S/c13-9(12(14)15)6-18-4-3-8-1-2-10-11(5-8)17-7-16-10/h1-2,5,9H,3-4,6-7,13H2,(H,14,15). The van der Waals surface area contributed by atoms with Crippen LogP contribution < -0.4 is 15.2 Å². The summed E-state index contributed by atoms with van der Waals surface area (Å²) in [5, 5.41) is 8.64. The lowest BCUT2D eigenvalue weighted by Crippen LogP contribution is -2.32. The van der Waals surface area contributed by atoms with E-state index < -0.39 is 12.0 Å². The van der Waals surface area contributed by atoms with Crippen molar-refractivity contribution in [3.8, 4) is 11.5 Å². The van der Waals surface area contributed by atoms with Crippen molar-refractivity contribution in [1.82, 2.24) is 0 Å². The van der Waals surface area contributed by atoms with Gasteiger partial charge in [0.15, 0.2) is 11.5 Å². The normalized spacial score (nSPS) is 14.5. The Labute approximate surface area is 109 Å². The van der Waals surface area contributed by atoms with Gasteiger partial charge in [0.25, 0.3) is 0 Å². The Morgan fingerprint density at radius 3 is 3.00 bits per heavy atom. The van der Waals surface area contributed by atoms with Crippen LogP contribution in [0.15, 0.2) is 18.2 Å². The predicted octanol–water partition coefficient (Wildman–Crippen LogP) is 1.10. The van der Waals surface area contributed by atoms with Crippen LogP contribution in [0.4, 0.5) is 0 Å². The first kappa shape index (κ1) is 13.0. The lowest BCUT2D eigenvalue weighted by atomic mass is 10.1. The van der Waals surface area contributed by atoms with Gasteiger partial charge < -0.3 is 20.3 Å². The minimum absolute atomic E-state index is 0.279. The lowest BCUT2D eigenvalue weighted by molar-refractivity contribution is -0.137. The van der Waals surface area contributed by atoms with Crippen LogP contribution in [-0.2, 0) is 11.2 Å². The van der Waals surface area contributed by atoms with Crippen LogP contribution in [-0.4, -0.2) is 35.4 Å². The molecule has 18 heavy (non-hydrogen) atoms. The Balaban J connectivity index is 1.75. The van der Waals surface area contributed by atoms with Gasteiger partial charge in [-0.05, 0) is 29.9 Å². The molecule has 0 amide bonds. The van der Waals surface area contributed by atoms with Crippen LogP contribution in [0.25, 0.3) is 0 Å². The maximum Gasteiger partial charge on any atom is 0.321 e. The second-order valence-electron chi connectivity index (χ2n) is 3.96. The number of hydrogen-bond donors (Lipinski definition) is 2. The summed E-state index contributed by atoms with van der Waals surface area (Å²) in [6, 6.07) is 5.06. The fourth-order valence-corrected chi connectivity index (χ4v) is 2.51. The summed E-state index contributed by atoms with van der Waals surface area (Å²) < 4.78 is 10.5. The van der Waals surface area contributed by atoms with Crippen LogP contribution >= 0.6 is 11.8 Å². The van der Waals surface area contributed by atoms with Crippen molar-refractivity contribution < 1.29 is 19.4 Å². The first-order chi connectivity index (χ1) is 8.66. The van der Waals surface area contributed by atoms with E-state index >= 15 is 0 Å². The van der Waals surface area contributed by atoms with Crippen LogP contribution in [0.2, 0.25) is 0 Å². The smallest absolute Gasteiger partial charge is 0.321 e. The predicted molar refractivity (Wildman–Crippen MR) is 69.2 cm³/mol. The van der Waals surface area contributed by atoms with E-state index in [0.717, 1.165) is 29.2 Å². The first-order valence-electron chi connectivity index (χ1n) is 5.61. The maximum atomic E-state index is 10.5. The number of carboxylic acids is 1. The van der Waals surface area contributed by atoms with Crippen molar-refractivity contribution in [3.63, 3.8) is 0 Å². The zero-order valence-corrected chi connectivity index (χ0v) is 10.6. The van der Waals surface area contributed by atoms with Gasteiger partial charge in [0, 0.05) is 5.75 Å². The number of aryl methyl sites for hydroxylation is 1. The number of hydrogen-bond acceptors (Lipinski definition) is 5. The molecule has 1 heterocycles. The van der Waals surface area contributed by atoms with Gasteiger partial charge in [0.1, 0.15) is 6.04 Å². The van der Waals surface area contributed by atoms with E-state index in [4.69, 9.17) is 20.3 Å². The second kappa shape index (κ2) is 5.97. The Kier molecular flexibility index (Phi) is 4.33. The highest BCUT2D eigenvalue weighted by Gasteiger charge is 2.13. The molecule has 0 aromatic heterocycles. The highest BCUT2D eigenvalue weighted by atomic mass is 32.2. The van der Waals surface area contributed by atoms with Crippen LogP contribution in [0.1, 0.15) is 5.56 Å². The molecule has 0 fully saturated rings. The molecule has 0 bridgehead atoms. The van der Waals surface area contributed by atoms with E-state index in [9.17, 15) is 4.79 Å². The van der Waals surface area contributed by atoms with Crippen molar-refractivity contribution in [2.75, 3.05) is 18.3 Å². The number of carbonyl (C=O) groups is 1. The van der Waals surface area contributed by atoms with Crippen molar-refractivity contribution >= 4 is 17.7 Å². The molecule has 3 N–H and O–H groups in total. The average Bonchev–Trinajstić information content (AvgIpc) is 2.81. The fourth-order valence-electron chi connectivity index (χ4n) is 1.57. The summed E-state index contributed by atoms with van der Waals surface area (Å²) in [6.45, 7) is 0.279. The van der Waals surface area contributed by atoms with E-state index in [-0.39, 0.29) is 6.79 Å². The van der Waals surface area contributed by atoms with Crippen molar-refractivity contribution in [2.45, 2.75) is 12.5 Å². The van der Waals surface area contributed by atoms with Gasteiger partial charge in [-0.1, -0.05) is 6.07 Å². The molecule has 1 atom stereocenters. The van der Waals surface area contributed by atoms with E-state index in [1.165, 1.54) is 11.8 Å². The molecule has 1 aliphatic heterocycles. The van der Waals surface area contributed by atoms with Gasteiger partial charge in [0.05, 0.1) is 0 Å². The van der Waals surface area contributed by atoms with Gasteiger partial charge in [-0.15, -0.1) is 0 Å². The second-order valence-corrected chi connectivity index (χ2v) is 5.11. The molecule has 0 aliphatic carbocycles. The third-order valence-corrected chi connectivity index (χ3v) is 3.67. The SMILES string of the molecule is NC(CSCCc1ccc2c(c1)OCO2)C(=O)O. The van der Waals surface area contributed by atoms with Gasteiger partial charge >= 0.3 is 5.97 Å². The summed E-state index contributed by atoms with van der Waals surface area (Å²) >= 11 is 1.54. The Morgan fingerprint density at radius 1 is 1.44 bits per heavy atom. The highest BCUT2D eigenvalue weighted by Crippen LogP contribution is 2.32. The van der Waals surface area contributed by atoms with Gasteiger partial charge in [-0.2, -0.15) is 11.8 Å². The highest BCUT2D eigenvalue weighted by molar-refractivity contribution is 7.99. The summed E-state index contributed by atoms with van der Waals surface area (Å²) in [7, 11) is 0. The van der Waals surface area contributed by atoms with Gasteiger partial charge in [-0.3, -0.25) is 4.79 Å². The molecule has 6 heteroatoms. The Morgan fingerprint density at radius 2 is 2.22 bits per heavy atom. The molecular weight excluding hydrogens is 254 g/mol. The minimum atomic E-state index is -0.953. The molecule has 1 aliphatic rings. The monoisotopic (exact) mass is 269 g/mol. The number of fused-ring (bicyclic) bond motifs is 1. The van der Waals surface area contributed by atoms with Crippen molar-refractivity contribution in [1.29, 1.82) is 0 Å². The Bertz CT molecular complexity index is 438. The molecule has 1 aromatic rings. The summed E-state index contributed by atoms with van der Waals surface area (Å²) in [5.74, 6) is 1.87. The van der Waals surface area contributed by atoms with Gasteiger partial charge in [-0.25, -0.2) is 0 Å². The molecule has 98 valence electrons. The van der Waals surface area contributed by atoms with E-state index in [1.807, 2.05) is 18.2 Å². The lowest BCUT2D eigenvalue weighted by Gasteiger charge is -2.06. The first-order valence-corrected chi connectivity index (χ1v) is 6.77. The fraction of sp³-hybridized carbons (Fsp3) is 0.417. The number of rotatable bonds is 6. The summed E-state index contributed by atoms with van der Waals surface area (Å²) in [5.41, 5.74) is 6.56. The van der Waals surface area contributed by atoms with Crippen LogP contribution in [0.5, 0.6) is 11.5 Å². The third-order valence-electron chi connectivity index (χ3n) is 2.59. The number of ether oxygens (including phenoxy) is 2. The van der Waals surface area contributed by atoms with Crippen molar-refractivity contribution in [3.05, 3.63) is 23.8 Å². The molecule has 1 aromatic carbocycles. The molecule has 0 spiro atoms. The number of thioether (sulfide) groups is 1. The number of carboxylic acid groups (broad SMARTS) is 1. The zero-order valence-electron chi connectivity index (χ0n) is 9.80. The zero-order chi connectivity index (χ0) is 13.0. The topological polar surface area (TPSA) is 81.8 Å². The molecule has 2 rings (SSSR count). The van der Waals surface area contributed by atoms with E-state index in [1.54, 1.807) is 0 Å². The van der Waals surface area contributed by atoms with Crippen molar-refractivity contribution in [2.24, 2.45) is 5.73 Å². The summed E-state index contributed by atoms with van der Waals surface area (Å²) in [6.07, 6.45) is 0.855. The van der Waals surface area contributed by atoms with E-state index in [0.29, 0.717) is 5.75 Å². The molecule has 0 saturated heterocycles. The number of benzene rings is 1. The van der Waals surface area contributed by atoms with Crippen LogP contribution in [0, 0.1) is 0 Å². The molecular formula is C12H15NO4S. The van der Waals surface area contributed by atoms with E-state index in [2.05, 4.69) is 0 Å².